The van der Waals surface area contributed by atoms with Crippen molar-refractivity contribution in [2.24, 2.45) is 0 Å². The van der Waals surface area contributed by atoms with Gasteiger partial charge in [0.05, 0.1) is 58.7 Å². The van der Waals surface area contributed by atoms with Crippen molar-refractivity contribution in [3.63, 3.8) is 0 Å². The van der Waals surface area contributed by atoms with Gasteiger partial charge in [0.25, 0.3) is 5.91 Å². The molecule has 0 radical (unpaired) electrons. The Morgan fingerprint density at radius 3 is 2.52 bits per heavy atom. The Bertz CT molecular complexity index is 866. The number of ether oxygens (including phenoxy) is 3. The lowest BCUT2D eigenvalue weighted by molar-refractivity contribution is -0.892. The number of amides is 1. The predicted octanol–water partition coefficient (Wildman–Crippen LogP) is 1.68. The predicted molar refractivity (Wildman–Crippen MR) is 121 cm³/mol. The summed E-state index contributed by atoms with van der Waals surface area (Å²) >= 11 is 0. The second-order valence-corrected chi connectivity index (χ2v) is 7.71. The number of nitrogens with zero attached hydrogens (tertiary/aromatic N) is 1. The molecule has 2 aromatic carbocycles. The van der Waals surface area contributed by atoms with E-state index in [1.165, 1.54) is 4.90 Å². The molecule has 2 aromatic rings. The highest BCUT2D eigenvalue weighted by atomic mass is 16.5. The minimum Gasteiger partial charge on any atom is -0.497 e. The molecule has 0 unspecified atom stereocenters. The molecular formula is C24H34N3O4+. The van der Waals surface area contributed by atoms with Gasteiger partial charge in [-0.2, -0.15) is 0 Å². The van der Waals surface area contributed by atoms with Gasteiger partial charge in [0, 0.05) is 5.56 Å². The number of nitrogens with one attached hydrogen (secondary N) is 2. The highest BCUT2D eigenvalue weighted by Crippen LogP contribution is 2.29. The zero-order valence-electron chi connectivity index (χ0n) is 18.9. The van der Waals surface area contributed by atoms with Crippen LogP contribution < -0.4 is 29.3 Å². The summed E-state index contributed by atoms with van der Waals surface area (Å²) in [5.74, 6) is 2.44. The monoisotopic (exact) mass is 428 g/mol. The van der Waals surface area contributed by atoms with Gasteiger partial charge in [-0.3, -0.25) is 4.79 Å². The summed E-state index contributed by atoms with van der Waals surface area (Å²) in [6.07, 6.45) is 0. The molecule has 7 nitrogen and oxygen atoms in total. The fraction of sp³-hybridized carbons (Fsp3) is 0.458. The number of piperazine rings is 1. The Balaban J connectivity index is 1.54. The second kappa shape index (κ2) is 10.9. The molecule has 1 atom stereocenters. The van der Waals surface area contributed by atoms with Gasteiger partial charge in [-0.15, -0.1) is 0 Å². The van der Waals surface area contributed by atoms with E-state index in [4.69, 9.17) is 14.2 Å². The Morgan fingerprint density at radius 2 is 1.84 bits per heavy atom. The van der Waals surface area contributed by atoms with Gasteiger partial charge in [-0.1, -0.05) is 12.1 Å². The van der Waals surface area contributed by atoms with Crippen molar-refractivity contribution in [3.05, 3.63) is 48.0 Å². The highest BCUT2D eigenvalue weighted by Gasteiger charge is 2.25. The molecule has 2 N–H and O–H groups in total. The lowest BCUT2D eigenvalue weighted by Crippen LogP contribution is -3.15. The van der Waals surface area contributed by atoms with Crippen molar-refractivity contribution in [1.82, 2.24) is 5.32 Å². The fourth-order valence-electron chi connectivity index (χ4n) is 4.01. The topological polar surface area (TPSA) is 64.5 Å². The molecule has 168 valence electrons. The van der Waals surface area contributed by atoms with Crippen LogP contribution in [0.5, 0.6) is 17.2 Å². The quantitative estimate of drug-likeness (QED) is 0.636. The average molecular weight is 429 g/mol. The standard InChI is InChI=1S/C24H33N3O4/c1-5-31-23-9-7-6-8-21(23)27-14-12-26(13-15-27)17-24(28)25-18(2)20-16-19(29-3)10-11-22(20)30-4/h6-11,16,18H,5,12-15,17H2,1-4H3,(H,25,28)/p+1/t18-/m0/s1. The van der Waals surface area contributed by atoms with Crippen molar-refractivity contribution in [2.45, 2.75) is 19.9 Å². The van der Waals surface area contributed by atoms with Gasteiger partial charge >= 0.3 is 0 Å². The summed E-state index contributed by atoms with van der Waals surface area (Å²) in [5, 5.41) is 3.11. The van der Waals surface area contributed by atoms with Crippen LogP contribution in [0.3, 0.4) is 0 Å². The van der Waals surface area contributed by atoms with Crippen LogP contribution in [0.25, 0.3) is 0 Å². The summed E-state index contributed by atoms with van der Waals surface area (Å²) in [7, 11) is 3.26. The minimum absolute atomic E-state index is 0.0375. The molecule has 1 amide bonds. The largest absolute Gasteiger partial charge is 0.497 e. The van der Waals surface area contributed by atoms with Gasteiger partial charge in [-0.05, 0) is 44.2 Å². The van der Waals surface area contributed by atoms with E-state index in [-0.39, 0.29) is 11.9 Å². The number of hydrogen-bond donors (Lipinski definition) is 2. The number of benzene rings is 2. The summed E-state index contributed by atoms with van der Waals surface area (Å²) < 4.78 is 16.5. The van der Waals surface area contributed by atoms with E-state index in [1.807, 2.05) is 50.2 Å². The van der Waals surface area contributed by atoms with Crippen molar-refractivity contribution in [1.29, 1.82) is 0 Å². The molecule has 31 heavy (non-hydrogen) atoms. The zero-order valence-corrected chi connectivity index (χ0v) is 18.9. The van der Waals surface area contributed by atoms with Crippen LogP contribution in [0.1, 0.15) is 25.5 Å². The van der Waals surface area contributed by atoms with Crippen molar-refractivity contribution >= 4 is 11.6 Å². The smallest absolute Gasteiger partial charge is 0.275 e. The Morgan fingerprint density at radius 1 is 1.10 bits per heavy atom. The van der Waals surface area contributed by atoms with E-state index < -0.39 is 0 Å². The third-order valence-electron chi connectivity index (χ3n) is 5.67. The summed E-state index contributed by atoms with van der Waals surface area (Å²) in [5.41, 5.74) is 2.04. The van der Waals surface area contributed by atoms with Crippen molar-refractivity contribution < 1.29 is 23.9 Å². The van der Waals surface area contributed by atoms with Crippen LogP contribution in [0.15, 0.2) is 42.5 Å². The lowest BCUT2D eigenvalue weighted by Gasteiger charge is -2.34. The second-order valence-electron chi connectivity index (χ2n) is 7.71. The van der Waals surface area contributed by atoms with E-state index in [1.54, 1.807) is 14.2 Å². The SMILES string of the molecule is CCOc1ccccc1N1CC[NH+](CC(=O)N[C@@H](C)c2cc(OC)ccc2OC)CC1. The van der Waals surface area contributed by atoms with E-state index in [0.29, 0.717) is 13.2 Å². The minimum atomic E-state index is -0.170. The molecule has 1 fully saturated rings. The summed E-state index contributed by atoms with van der Waals surface area (Å²) in [4.78, 5) is 16.3. The van der Waals surface area contributed by atoms with Crippen LogP contribution in [0.2, 0.25) is 0 Å². The van der Waals surface area contributed by atoms with Crippen molar-refractivity contribution in [3.8, 4) is 17.2 Å². The van der Waals surface area contributed by atoms with Gasteiger partial charge in [0.1, 0.15) is 17.2 Å². The lowest BCUT2D eigenvalue weighted by atomic mass is 10.1. The fourth-order valence-corrected chi connectivity index (χ4v) is 4.01. The summed E-state index contributed by atoms with van der Waals surface area (Å²) in [6.45, 7) is 8.68. The third-order valence-corrected chi connectivity index (χ3v) is 5.67. The molecule has 1 aliphatic rings. The maximum absolute atomic E-state index is 12.7. The van der Waals surface area contributed by atoms with E-state index >= 15 is 0 Å². The first-order valence-electron chi connectivity index (χ1n) is 10.9. The molecule has 1 aliphatic heterocycles. The number of methoxy groups -OCH3 is 2. The number of carbonyl (C=O) groups is 1. The van der Waals surface area contributed by atoms with Gasteiger partial charge in [0.15, 0.2) is 6.54 Å². The normalized spacial score (nSPS) is 15.3. The van der Waals surface area contributed by atoms with E-state index in [0.717, 1.165) is 54.7 Å². The van der Waals surface area contributed by atoms with E-state index in [2.05, 4.69) is 16.3 Å². The zero-order chi connectivity index (χ0) is 22.2. The number of rotatable bonds is 9. The van der Waals surface area contributed by atoms with Crippen LogP contribution in [-0.4, -0.2) is 59.5 Å². The Labute approximate surface area is 184 Å². The number of para-hydroxylation sites is 2. The molecule has 0 spiro atoms. The molecule has 7 heteroatoms. The Hall–Kier alpha value is -2.93. The first-order valence-corrected chi connectivity index (χ1v) is 10.9. The van der Waals surface area contributed by atoms with Gasteiger partial charge in [-0.25, -0.2) is 0 Å². The molecule has 3 rings (SSSR count). The van der Waals surface area contributed by atoms with Gasteiger partial charge < -0.3 is 29.3 Å². The molecule has 1 saturated heterocycles. The molecule has 0 aliphatic carbocycles. The third kappa shape index (κ3) is 5.82. The first kappa shape index (κ1) is 22.7. The first-order chi connectivity index (χ1) is 15.0. The van der Waals surface area contributed by atoms with Gasteiger partial charge in [0.2, 0.25) is 0 Å². The van der Waals surface area contributed by atoms with Crippen LogP contribution in [0, 0.1) is 0 Å². The molecular weight excluding hydrogens is 394 g/mol. The highest BCUT2D eigenvalue weighted by molar-refractivity contribution is 5.77. The van der Waals surface area contributed by atoms with Crippen LogP contribution >= 0.6 is 0 Å². The maximum Gasteiger partial charge on any atom is 0.275 e. The number of carbonyl (C=O) groups excluding carboxylic acids is 1. The molecule has 0 saturated carbocycles. The maximum atomic E-state index is 12.7. The van der Waals surface area contributed by atoms with E-state index in [9.17, 15) is 4.79 Å². The molecule has 0 aromatic heterocycles. The average Bonchev–Trinajstić information content (AvgIpc) is 2.79. The number of quaternary nitrogens is 1. The van der Waals surface area contributed by atoms with Crippen LogP contribution in [0.4, 0.5) is 5.69 Å². The number of hydrogen-bond acceptors (Lipinski definition) is 5. The summed E-state index contributed by atoms with van der Waals surface area (Å²) in [6, 6.07) is 13.6. The molecule has 0 bridgehead atoms. The number of anilines is 1. The van der Waals surface area contributed by atoms with Crippen molar-refractivity contribution in [2.75, 3.05) is 58.5 Å². The Kier molecular flexibility index (Phi) is 8.00. The molecule has 1 heterocycles. The van der Waals surface area contributed by atoms with Crippen LogP contribution in [-0.2, 0) is 4.79 Å².